The average Bonchev–Trinajstić information content (AvgIpc) is 3.04. The molecule has 0 unspecified atom stereocenters. The number of rotatable bonds is 14. The minimum absolute atomic E-state index is 0.259. The molecule has 0 heterocycles. The molecule has 0 atom stereocenters. The summed E-state index contributed by atoms with van der Waals surface area (Å²) in [6.07, 6.45) is 1.20. The van der Waals surface area contributed by atoms with Gasteiger partial charge in [0.15, 0.2) is 0 Å². The Balaban J connectivity index is 1.50. The monoisotopic (exact) mass is 810 g/mol. The molecular formula is C32H22F12O7S2. The first kappa shape index (κ1) is 41.1. The van der Waals surface area contributed by atoms with Gasteiger partial charge >= 0.3 is 55.8 Å². The van der Waals surface area contributed by atoms with E-state index in [1.54, 1.807) is 0 Å². The van der Waals surface area contributed by atoms with Gasteiger partial charge in [-0.1, -0.05) is 0 Å². The Morgan fingerprint density at radius 3 is 0.736 bits per heavy atom. The molecule has 7 nitrogen and oxygen atoms in total. The number of benzene rings is 4. The van der Waals surface area contributed by atoms with E-state index in [4.69, 9.17) is 4.74 Å². The minimum atomic E-state index is -6.09. The standard InChI is InChI=1S/C32H22F12O7S2/c1-52(45,46)50-25-15-7-21(8-16-25)29(37,38)31(41,42)27(33,34)19-3-11-23(12-4-19)49-24-13-5-20(6-14-24)28(35,36)32(43,44)30(39,40)22-9-17-26(18-10-22)51-53(2,47)48/h3-18H,1-2H3. The highest BCUT2D eigenvalue weighted by molar-refractivity contribution is 7.86. The Hall–Kier alpha value is -4.66. The fourth-order valence-electron chi connectivity index (χ4n) is 4.51. The summed E-state index contributed by atoms with van der Waals surface area (Å²) in [6.45, 7) is 0. The number of hydrogen-bond donors (Lipinski definition) is 0. The number of alkyl halides is 12. The molecule has 0 aromatic heterocycles. The van der Waals surface area contributed by atoms with Gasteiger partial charge in [-0.2, -0.15) is 69.5 Å². The highest BCUT2D eigenvalue weighted by atomic mass is 32.2. The molecule has 0 aliphatic heterocycles. The van der Waals surface area contributed by atoms with Crippen molar-refractivity contribution in [2.24, 2.45) is 0 Å². The lowest BCUT2D eigenvalue weighted by Gasteiger charge is -2.33. The van der Waals surface area contributed by atoms with Crippen LogP contribution in [0.4, 0.5) is 52.7 Å². The van der Waals surface area contributed by atoms with Gasteiger partial charge in [0.05, 0.1) is 12.5 Å². The van der Waals surface area contributed by atoms with Gasteiger partial charge in [-0.15, -0.1) is 0 Å². The first-order valence-corrected chi connectivity index (χ1v) is 17.8. The second-order valence-corrected chi connectivity index (χ2v) is 14.4. The minimum Gasteiger partial charge on any atom is -0.457 e. The molecule has 21 heteroatoms. The quantitative estimate of drug-likeness (QED) is 0.0926. The number of hydrogen-bond acceptors (Lipinski definition) is 7. The van der Waals surface area contributed by atoms with Crippen LogP contribution in [0.5, 0.6) is 23.0 Å². The van der Waals surface area contributed by atoms with Gasteiger partial charge in [0.2, 0.25) is 0 Å². The molecule has 0 saturated heterocycles. The summed E-state index contributed by atoms with van der Waals surface area (Å²) >= 11 is 0. The molecule has 0 N–H and O–H groups in total. The first-order chi connectivity index (χ1) is 24.0. The van der Waals surface area contributed by atoms with Gasteiger partial charge < -0.3 is 13.1 Å². The maximum absolute atomic E-state index is 14.9. The van der Waals surface area contributed by atoms with Crippen LogP contribution in [0, 0.1) is 0 Å². The van der Waals surface area contributed by atoms with Crippen LogP contribution in [-0.2, 0) is 43.9 Å². The molecule has 4 rings (SSSR count). The van der Waals surface area contributed by atoms with Crippen molar-refractivity contribution in [1.82, 2.24) is 0 Å². The predicted octanol–water partition coefficient (Wildman–Crippen LogP) is 9.19. The van der Waals surface area contributed by atoms with Gasteiger partial charge in [-0.3, -0.25) is 0 Å². The molecule has 0 aliphatic rings. The Bertz CT molecular complexity index is 1990. The SMILES string of the molecule is CS(=O)(=O)Oc1ccc(C(F)(F)C(F)(F)C(F)(F)c2ccc(Oc3ccc(C(F)(F)C(F)(F)C(F)(F)c4ccc(OS(C)(=O)=O)cc4)cc3)cc2)cc1. The van der Waals surface area contributed by atoms with Crippen molar-refractivity contribution >= 4 is 20.2 Å². The fraction of sp³-hybridized carbons (Fsp3) is 0.250. The average molecular weight is 811 g/mol. The lowest BCUT2D eigenvalue weighted by molar-refractivity contribution is -0.321. The maximum atomic E-state index is 14.9. The van der Waals surface area contributed by atoms with E-state index in [2.05, 4.69) is 8.37 Å². The summed E-state index contributed by atoms with van der Waals surface area (Å²) in [4.78, 5) is 0. The second-order valence-electron chi connectivity index (χ2n) is 11.2. The number of halogens is 12. The van der Waals surface area contributed by atoms with Crippen molar-refractivity contribution in [1.29, 1.82) is 0 Å². The van der Waals surface area contributed by atoms with Crippen LogP contribution >= 0.6 is 0 Å². The van der Waals surface area contributed by atoms with E-state index in [-0.39, 0.29) is 48.5 Å². The third-order valence-electron chi connectivity index (χ3n) is 7.18. The summed E-state index contributed by atoms with van der Waals surface area (Å²) in [5, 5.41) is 0. The lowest BCUT2D eigenvalue weighted by atomic mass is 9.92. The van der Waals surface area contributed by atoms with Crippen molar-refractivity contribution in [3.8, 4) is 23.0 Å². The fourth-order valence-corrected chi connectivity index (χ4v) is 5.43. The van der Waals surface area contributed by atoms with Gasteiger partial charge in [0.25, 0.3) is 0 Å². The molecule has 0 radical (unpaired) electrons. The van der Waals surface area contributed by atoms with E-state index < -0.39 is 101 Å². The van der Waals surface area contributed by atoms with Crippen molar-refractivity contribution in [3.05, 3.63) is 119 Å². The second kappa shape index (κ2) is 13.6. The highest BCUT2D eigenvalue weighted by Crippen LogP contribution is 2.57. The smallest absolute Gasteiger partial charge is 0.380 e. The van der Waals surface area contributed by atoms with Crippen molar-refractivity contribution in [2.75, 3.05) is 12.5 Å². The van der Waals surface area contributed by atoms with Gasteiger partial charge in [-0.05, 0) is 97.1 Å². The molecule has 4 aromatic carbocycles. The van der Waals surface area contributed by atoms with E-state index in [1.165, 1.54) is 0 Å². The summed E-state index contributed by atoms with van der Waals surface area (Å²) < 4.78 is 236. The molecule has 0 amide bonds. The Kier molecular flexibility index (Phi) is 10.6. The molecule has 288 valence electrons. The zero-order chi connectivity index (χ0) is 40.1. The van der Waals surface area contributed by atoms with E-state index in [9.17, 15) is 69.5 Å². The molecule has 0 fully saturated rings. The largest absolute Gasteiger partial charge is 0.457 e. The van der Waals surface area contributed by atoms with Gasteiger partial charge in [-0.25, -0.2) is 0 Å². The Labute approximate surface area is 293 Å². The van der Waals surface area contributed by atoms with Crippen LogP contribution in [0.3, 0.4) is 0 Å². The maximum Gasteiger partial charge on any atom is 0.380 e. The Morgan fingerprint density at radius 1 is 0.358 bits per heavy atom. The zero-order valence-corrected chi connectivity index (χ0v) is 28.1. The van der Waals surface area contributed by atoms with Crippen LogP contribution in [-0.4, -0.2) is 41.2 Å². The van der Waals surface area contributed by atoms with Crippen LogP contribution in [0.1, 0.15) is 22.3 Å². The topological polar surface area (TPSA) is 96.0 Å². The van der Waals surface area contributed by atoms with Crippen molar-refractivity contribution in [3.63, 3.8) is 0 Å². The normalized spacial score (nSPS) is 13.8. The van der Waals surface area contributed by atoms with E-state index in [0.717, 1.165) is 0 Å². The third kappa shape index (κ3) is 8.14. The molecule has 0 spiro atoms. The van der Waals surface area contributed by atoms with Gasteiger partial charge in [0.1, 0.15) is 23.0 Å². The zero-order valence-electron chi connectivity index (χ0n) is 26.4. The van der Waals surface area contributed by atoms with E-state index >= 15 is 0 Å². The van der Waals surface area contributed by atoms with E-state index in [0.29, 0.717) is 61.0 Å². The molecular weight excluding hydrogens is 788 g/mol. The third-order valence-corrected chi connectivity index (χ3v) is 8.17. The van der Waals surface area contributed by atoms with Crippen molar-refractivity contribution in [2.45, 2.75) is 35.5 Å². The van der Waals surface area contributed by atoms with Crippen LogP contribution < -0.4 is 13.1 Å². The summed E-state index contributed by atoms with van der Waals surface area (Å²) in [7, 11) is -8.26. The lowest BCUT2D eigenvalue weighted by Crippen LogP contribution is -2.50. The van der Waals surface area contributed by atoms with Gasteiger partial charge in [0, 0.05) is 22.3 Å². The molecule has 4 aromatic rings. The predicted molar refractivity (Wildman–Crippen MR) is 162 cm³/mol. The first-order valence-electron chi connectivity index (χ1n) is 14.2. The summed E-state index contributed by atoms with van der Waals surface area (Å²) in [5.74, 6) is -36.4. The molecule has 0 aliphatic carbocycles. The highest BCUT2D eigenvalue weighted by Gasteiger charge is 2.73. The Morgan fingerprint density at radius 2 is 0.547 bits per heavy atom. The van der Waals surface area contributed by atoms with Crippen LogP contribution in [0.25, 0.3) is 0 Å². The summed E-state index contributed by atoms with van der Waals surface area (Å²) in [6, 6.07) is 6.67. The number of ether oxygens (including phenoxy) is 1. The molecule has 0 bridgehead atoms. The van der Waals surface area contributed by atoms with Crippen molar-refractivity contribution < 1.29 is 82.6 Å². The van der Waals surface area contributed by atoms with Crippen LogP contribution in [0.15, 0.2) is 97.1 Å². The van der Waals surface area contributed by atoms with Crippen LogP contribution in [0.2, 0.25) is 0 Å². The van der Waals surface area contributed by atoms with E-state index in [1.807, 2.05) is 0 Å². The molecule has 53 heavy (non-hydrogen) atoms. The molecule has 0 saturated carbocycles. The summed E-state index contributed by atoms with van der Waals surface area (Å²) in [5.41, 5.74) is -6.51.